The van der Waals surface area contributed by atoms with Gasteiger partial charge in [0, 0.05) is 26.6 Å². The van der Waals surface area contributed by atoms with Crippen LogP contribution in [0, 0.1) is 6.92 Å². The van der Waals surface area contributed by atoms with Crippen molar-refractivity contribution in [1.82, 2.24) is 4.90 Å². The zero-order valence-corrected chi connectivity index (χ0v) is 12.3. The van der Waals surface area contributed by atoms with E-state index >= 15 is 0 Å². The van der Waals surface area contributed by atoms with Crippen LogP contribution in [0.2, 0.25) is 0 Å². The van der Waals surface area contributed by atoms with Crippen molar-refractivity contribution >= 4 is 34.5 Å². The number of thiocarbonyl (C=S) groups is 1. The second-order valence-electron chi connectivity index (χ2n) is 3.93. The highest BCUT2D eigenvalue weighted by molar-refractivity contribution is 7.80. The fourth-order valence-corrected chi connectivity index (χ4v) is 2.48. The minimum atomic E-state index is 0.0239. The van der Waals surface area contributed by atoms with Crippen molar-refractivity contribution in [3.8, 4) is 0 Å². The largest absolute Gasteiger partial charge is 0.393 e. The quantitative estimate of drug-likeness (QED) is 0.777. The van der Waals surface area contributed by atoms with E-state index < -0.39 is 0 Å². The van der Waals surface area contributed by atoms with Gasteiger partial charge in [0.1, 0.15) is 0 Å². The molecule has 1 rings (SSSR count). The Bertz CT molecular complexity index is 418. The number of methoxy groups -OCH3 is 1. The minimum absolute atomic E-state index is 0.0239. The number of rotatable bonds is 7. The highest BCUT2D eigenvalue weighted by atomic mass is 32.1. The molecule has 18 heavy (non-hydrogen) atoms. The van der Waals surface area contributed by atoms with Crippen LogP contribution in [0.5, 0.6) is 0 Å². The number of nitrogens with zero attached hydrogens (tertiary/aromatic N) is 1. The fraction of sp³-hybridized carbons (Fsp3) is 0.500. The molecule has 1 aromatic rings. The van der Waals surface area contributed by atoms with Crippen LogP contribution in [0.25, 0.3) is 0 Å². The van der Waals surface area contributed by atoms with Crippen LogP contribution in [0.4, 0.5) is 0 Å². The van der Waals surface area contributed by atoms with E-state index in [-0.39, 0.29) is 5.91 Å². The van der Waals surface area contributed by atoms with Crippen molar-refractivity contribution in [2.45, 2.75) is 13.3 Å². The minimum Gasteiger partial charge on any atom is -0.393 e. The molecule has 0 bridgehead atoms. The molecule has 0 aliphatic heterocycles. The van der Waals surface area contributed by atoms with Crippen LogP contribution in [0.1, 0.15) is 21.7 Å². The average molecular weight is 286 g/mol. The third-order valence-corrected chi connectivity index (χ3v) is 3.75. The van der Waals surface area contributed by atoms with E-state index in [2.05, 4.69) is 0 Å². The third-order valence-electron chi connectivity index (χ3n) is 2.54. The van der Waals surface area contributed by atoms with Gasteiger partial charge in [-0.3, -0.25) is 4.79 Å². The molecule has 2 N–H and O–H groups in total. The summed E-state index contributed by atoms with van der Waals surface area (Å²) in [4.78, 5) is 15.3. The highest BCUT2D eigenvalue weighted by Crippen LogP contribution is 2.18. The Labute approximate surface area is 117 Å². The Morgan fingerprint density at radius 1 is 1.56 bits per heavy atom. The first-order valence-electron chi connectivity index (χ1n) is 5.67. The molecule has 0 aliphatic carbocycles. The van der Waals surface area contributed by atoms with E-state index in [9.17, 15) is 4.79 Å². The van der Waals surface area contributed by atoms with Gasteiger partial charge in [-0.15, -0.1) is 11.3 Å². The van der Waals surface area contributed by atoms with Crippen molar-refractivity contribution in [1.29, 1.82) is 0 Å². The normalized spacial score (nSPS) is 10.3. The predicted molar refractivity (Wildman–Crippen MR) is 78.2 cm³/mol. The number of aryl methyl sites for hydroxylation is 1. The van der Waals surface area contributed by atoms with E-state index in [0.717, 1.165) is 10.4 Å². The summed E-state index contributed by atoms with van der Waals surface area (Å²) in [5.74, 6) is 0.0239. The smallest absolute Gasteiger partial charge is 0.264 e. The van der Waals surface area contributed by atoms with Gasteiger partial charge >= 0.3 is 0 Å². The van der Waals surface area contributed by atoms with Crippen molar-refractivity contribution < 1.29 is 9.53 Å². The van der Waals surface area contributed by atoms with Crippen LogP contribution in [-0.4, -0.2) is 42.6 Å². The maximum Gasteiger partial charge on any atom is 0.264 e. The van der Waals surface area contributed by atoms with Crippen LogP contribution in [-0.2, 0) is 4.74 Å². The molecule has 0 fully saturated rings. The number of carbonyl (C=O) groups is 1. The highest BCUT2D eigenvalue weighted by Gasteiger charge is 2.18. The molecule has 1 amide bonds. The maximum atomic E-state index is 12.3. The first kappa shape index (κ1) is 15.1. The zero-order valence-electron chi connectivity index (χ0n) is 10.6. The summed E-state index contributed by atoms with van der Waals surface area (Å²) >= 11 is 6.31. The summed E-state index contributed by atoms with van der Waals surface area (Å²) in [6.45, 7) is 3.53. The molecule has 0 radical (unpaired) electrons. The number of hydrogen-bond acceptors (Lipinski definition) is 4. The van der Waals surface area contributed by atoms with Gasteiger partial charge in [0.15, 0.2) is 0 Å². The summed E-state index contributed by atoms with van der Waals surface area (Å²) < 4.78 is 5.02. The molecule has 6 heteroatoms. The predicted octanol–water partition coefficient (Wildman–Crippen LogP) is 1.82. The first-order chi connectivity index (χ1) is 8.56. The zero-order chi connectivity index (χ0) is 13.5. The number of amides is 1. The number of hydrogen-bond donors (Lipinski definition) is 1. The maximum absolute atomic E-state index is 12.3. The van der Waals surface area contributed by atoms with E-state index in [1.54, 1.807) is 12.0 Å². The van der Waals surface area contributed by atoms with Crippen LogP contribution in [0.15, 0.2) is 11.4 Å². The Hall–Kier alpha value is -0.980. The molecule has 1 aromatic heterocycles. The molecule has 0 atom stereocenters. The molecule has 0 unspecified atom stereocenters. The second kappa shape index (κ2) is 7.45. The number of thiophene rings is 1. The van der Waals surface area contributed by atoms with Crippen LogP contribution < -0.4 is 5.73 Å². The van der Waals surface area contributed by atoms with Gasteiger partial charge in [-0.05, 0) is 23.9 Å². The van der Waals surface area contributed by atoms with Gasteiger partial charge < -0.3 is 15.4 Å². The second-order valence-corrected chi connectivity index (χ2v) is 5.37. The molecular formula is C12H18N2O2S2. The average Bonchev–Trinajstić information content (AvgIpc) is 2.74. The van der Waals surface area contributed by atoms with Crippen LogP contribution in [0.3, 0.4) is 0 Å². The SMILES string of the molecule is COCCN(CCC(N)=S)C(=O)c1sccc1C. The Morgan fingerprint density at radius 2 is 2.28 bits per heavy atom. The Balaban J connectivity index is 2.72. The topological polar surface area (TPSA) is 55.6 Å². The standard InChI is InChI=1S/C12H18N2O2S2/c1-9-4-8-18-11(9)12(15)14(6-7-16-2)5-3-10(13)17/h4,8H,3,5-7H2,1-2H3,(H2,13,17). The molecule has 0 aromatic carbocycles. The lowest BCUT2D eigenvalue weighted by Crippen LogP contribution is -2.36. The Kier molecular flexibility index (Phi) is 6.24. The van der Waals surface area contributed by atoms with Crippen molar-refractivity contribution in [3.05, 3.63) is 21.9 Å². The van der Waals surface area contributed by atoms with Crippen LogP contribution >= 0.6 is 23.6 Å². The number of nitrogens with two attached hydrogens (primary N) is 1. The molecule has 4 nitrogen and oxygen atoms in total. The van der Waals surface area contributed by atoms with Crippen molar-refractivity contribution in [2.24, 2.45) is 5.73 Å². The van der Waals surface area contributed by atoms with Gasteiger partial charge in [-0.2, -0.15) is 0 Å². The van der Waals surface area contributed by atoms with Gasteiger partial charge in [0.05, 0.1) is 16.5 Å². The third kappa shape index (κ3) is 4.36. The molecule has 100 valence electrons. The summed E-state index contributed by atoms with van der Waals surface area (Å²) in [6.07, 6.45) is 0.537. The summed E-state index contributed by atoms with van der Waals surface area (Å²) in [5, 5.41) is 1.92. The lowest BCUT2D eigenvalue weighted by Gasteiger charge is -2.22. The number of ether oxygens (including phenoxy) is 1. The summed E-state index contributed by atoms with van der Waals surface area (Å²) in [6, 6.07) is 1.94. The van der Waals surface area contributed by atoms with Gasteiger partial charge in [0.2, 0.25) is 0 Å². The van der Waals surface area contributed by atoms with E-state index in [0.29, 0.717) is 31.1 Å². The van der Waals surface area contributed by atoms with E-state index in [1.807, 2.05) is 18.4 Å². The van der Waals surface area contributed by atoms with Crippen molar-refractivity contribution in [3.63, 3.8) is 0 Å². The lowest BCUT2D eigenvalue weighted by molar-refractivity contribution is 0.0705. The molecule has 0 aliphatic rings. The first-order valence-corrected chi connectivity index (χ1v) is 6.95. The molecule has 0 saturated carbocycles. The van der Waals surface area contributed by atoms with Gasteiger partial charge in [-0.1, -0.05) is 12.2 Å². The van der Waals surface area contributed by atoms with Gasteiger partial charge in [-0.25, -0.2) is 0 Å². The number of carbonyl (C=O) groups excluding carboxylic acids is 1. The molecule has 0 saturated heterocycles. The summed E-state index contributed by atoms with van der Waals surface area (Å²) in [5.41, 5.74) is 6.49. The summed E-state index contributed by atoms with van der Waals surface area (Å²) in [7, 11) is 1.62. The fourth-order valence-electron chi connectivity index (χ4n) is 1.50. The van der Waals surface area contributed by atoms with Crippen molar-refractivity contribution in [2.75, 3.05) is 26.8 Å². The molecule has 0 spiro atoms. The van der Waals surface area contributed by atoms with E-state index in [1.165, 1.54) is 11.3 Å². The monoisotopic (exact) mass is 286 g/mol. The Morgan fingerprint density at radius 3 is 2.78 bits per heavy atom. The molecular weight excluding hydrogens is 268 g/mol. The lowest BCUT2D eigenvalue weighted by atomic mass is 10.2. The molecule has 1 heterocycles. The van der Waals surface area contributed by atoms with E-state index in [4.69, 9.17) is 22.7 Å². The van der Waals surface area contributed by atoms with Gasteiger partial charge in [0.25, 0.3) is 5.91 Å².